The van der Waals surface area contributed by atoms with Crippen LogP contribution < -0.4 is 10.6 Å². The summed E-state index contributed by atoms with van der Waals surface area (Å²) in [4.78, 5) is 46.7. The Morgan fingerprint density at radius 3 is 2.04 bits per heavy atom. The number of carbonyl (C=O) groups is 4. The van der Waals surface area contributed by atoms with Crippen molar-refractivity contribution in [3.63, 3.8) is 0 Å². The first-order valence-corrected chi connectivity index (χ1v) is 8.42. The highest BCUT2D eigenvalue weighted by Gasteiger charge is 2.28. The summed E-state index contributed by atoms with van der Waals surface area (Å²) in [5, 5.41) is 5.36. The van der Waals surface area contributed by atoms with Crippen LogP contribution in [0.15, 0.2) is 0 Å². The van der Waals surface area contributed by atoms with E-state index in [-0.39, 0.29) is 30.6 Å². The van der Waals surface area contributed by atoms with Crippen LogP contribution in [0.5, 0.6) is 0 Å². The first-order valence-electron chi connectivity index (χ1n) is 8.42. The number of hydrogen-bond donors (Lipinski definition) is 2. The zero-order valence-corrected chi connectivity index (χ0v) is 15.3. The van der Waals surface area contributed by atoms with E-state index >= 15 is 0 Å². The maximum absolute atomic E-state index is 12.5. The van der Waals surface area contributed by atoms with Crippen LogP contribution in [0.3, 0.4) is 0 Å². The van der Waals surface area contributed by atoms with E-state index in [0.717, 1.165) is 12.7 Å². The maximum Gasteiger partial charge on any atom is 0.306 e. The summed E-state index contributed by atoms with van der Waals surface area (Å²) >= 11 is 0. The van der Waals surface area contributed by atoms with Crippen LogP contribution in [0.4, 0.5) is 0 Å². The van der Waals surface area contributed by atoms with Crippen LogP contribution in [-0.4, -0.2) is 43.3 Å². The molecule has 0 bridgehead atoms. The van der Waals surface area contributed by atoms with E-state index in [1.54, 1.807) is 0 Å². The quantitative estimate of drug-likeness (QED) is 0.434. The van der Waals surface area contributed by atoms with Crippen molar-refractivity contribution in [2.24, 2.45) is 11.8 Å². The molecule has 0 aliphatic heterocycles. The number of aldehydes is 1. The molecule has 0 aromatic heterocycles. The smallest absolute Gasteiger partial charge is 0.306 e. The summed E-state index contributed by atoms with van der Waals surface area (Å²) in [7, 11) is 1.25. The molecule has 7 heteroatoms. The normalized spacial score (nSPS) is 15.5. The van der Waals surface area contributed by atoms with Crippen molar-refractivity contribution < 1.29 is 23.9 Å². The average molecular weight is 342 g/mol. The molecule has 0 aliphatic rings. The molecule has 4 atom stereocenters. The van der Waals surface area contributed by atoms with Gasteiger partial charge in [0.1, 0.15) is 12.3 Å². The summed E-state index contributed by atoms with van der Waals surface area (Å²) in [6.45, 7) is 7.59. The van der Waals surface area contributed by atoms with Crippen molar-refractivity contribution in [1.82, 2.24) is 10.6 Å². The Balaban J connectivity index is 4.86. The molecule has 0 fully saturated rings. The van der Waals surface area contributed by atoms with Gasteiger partial charge in [0, 0.05) is 6.42 Å². The predicted molar refractivity (Wildman–Crippen MR) is 90.1 cm³/mol. The van der Waals surface area contributed by atoms with Gasteiger partial charge in [0.05, 0.1) is 19.6 Å². The fourth-order valence-corrected chi connectivity index (χ4v) is 2.08. The number of amides is 2. The van der Waals surface area contributed by atoms with Crippen molar-refractivity contribution in [3.05, 3.63) is 0 Å². The Morgan fingerprint density at radius 2 is 1.58 bits per heavy atom. The number of methoxy groups -OCH3 is 1. The van der Waals surface area contributed by atoms with Gasteiger partial charge in [-0.05, 0) is 11.8 Å². The van der Waals surface area contributed by atoms with Gasteiger partial charge >= 0.3 is 5.97 Å². The topological polar surface area (TPSA) is 102 Å². The highest BCUT2D eigenvalue weighted by Crippen LogP contribution is 2.11. The highest BCUT2D eigenvalue weighted by atomic mass is 16.5. The standard InChI is InChI=1S/C17H30N2O5/c1-6-11(3)13(10-20)18-17(23)16(12(4)7-2)19-14(21)8-9-15(22)24-5/h10-13,16H,6-9H2,1-5H3,(H,18,23)(H,19,21)/t11-,12-,13+,16-/m0/s1. The van der Waals surface area contributed by atoms with Crippen LogP contribution in [0.1, 0.15) is 53.4 Å². The Bertz CT molecular complexity index is 439. The molecule has 138 valence electrons. The minimum atomic E-state index is -0.744. The monoisotopic (exact) mass is 342 g/mol. The van der Waals surface area contributed by atoms with Crippen LogP contribution in [0.2, 0.25) is 0 Å². The minimum absolute atomic E-state index is 0.0130. The summed E-state index contributed by atoms with van der Waals surface area (Å²) < 4.78 is 4.49. The summed E-state index contributed by atoms with van der Waals surface area (Å²) in [6, 6.07) is -1.33. The highest BCUT2D eigenvalue weighted by molar-refractivity contribution is 5.90. The van der Waals surface area contributed by atoms with E-state index in [0.29, 0.717) is 6.42 Å². The van der Waals surface area contributed by atoms with Crippen molar-refractivity contribution >= 4 is 24.1 Å². The number of ether oxygens (including phenoxy) is 1. The fraction of sp³-hybridized carbons (Fsp3) is 0.765. The van der Waals surface area contributed by atoms with Crippen molar-refractivity contribution in [2.45, 2.75) is 65.5 Å². The average Bonchev–Trinajstić information content (AvgIpc) is 2.60. The molecule has 0 aliphatic carbocycles. The third-order valence-electron chi connectivity index (χ3n) is 4.31. The van der Waals surface area contributed by atoms with Gasteiger partial charge < -0.3 is 20.2 Å². The van der Waals surface area contributed by atoms with E-state index in [1.807, 2.05) is 27.7 Å². The second-order valence-electron chi connectivity index (χ2n) is 6.06. The Hall–Kier alpha value is -1.92. The van der Waals surface area contributed by atoms with Gasteiger partial charge in [-0.25, -0.2) is 0 Å². The van der Waals surface area contributed by atoms with Gasteiger partial charge in [0.25, 0.3) is 0 Å². The number of carbonyl (C=O) groups excluding carboxylic acids is 4. The lowest BCUT2D eigenvalue weighted by molar-refractivity contribution is -0.142. The molecule has 2 N–H and O–H groups in total. The number of nitrogens with one attached hydrogen (secondary N) is 2. The van der Waals surface area contributed by atoms with Gasteiger partial charge in [-0.1, -0.05) is 40.5 Å². The van der Waals surface area contributed by atoms with Crippen LogP contribution in [0.25, 0.3) is 0 Å². The van der Waals surface area contributed by atoms with Gasteiger partial charge in [-0.2, -0.15) is 0 Å². The summed E-state index contributed by atoms with van der Waals surface area (Å²) in [5.41, 5.74) is 0. The van der Waals surface area contributed by atoms with Gasteiger partial charge in [-0.15, -0.1) is 0 Å². The molecule has 24 heavy (non-hydrogen) atoms. The van der Waals surface area contributed by atoms with Crippen LogP contribution >= 0.6 is 0 Å². The Morgan fingerprint density at radius 1 is 1.00 bits per heavy atom. The molecule has 0 aromatic rings. The van der Waals surface area contributed by atoms with Gasteiger partial charge in [-0.3, -0.25) is 14.4 Å². The number of esters is 1. The zero-order valence-electron chi connectivity index (χ0n) is 15.3. The van der Waals surface area contributed by atoms with E-state index < -0.39 is 24.0 Å². The molecule has 0 radical (unpaired) electrons. The molecular weight excluding hydrogens is 312 g/mol. The number of hydrogen-bond acceptors (Lipinski definition) is 5. The summed E-state index contributed by atoms with van der Waals surface area (Å²) in [5.74, 6) is -1.34. The second kappa shape index (κ2) is 11.6. The van der Waals surface area contributed by atoms with Crippen LogP contribution in [-0.2, 0) is 23.9 Å². The van der Waals surface area contributed by atoms with E-state index in [4.69, 9.17) is 0 Å². The second-order valence-corrected chi connectivity index (χ2v) is 6.06. The minimum Gasteiger partial charge on any atom is -0.469 e. The lowest BCUT2D eigenvalue weighted by Crippen LogP contribution is -2.54. The van der Waals surface area contributed by atoms with Crippen molar-refractivity contribution in [2.75, 3.05) is 7.11 Å². The Labute approximate surface area is 143 Å². The molecule has 0 saturated heterocycles. The first-order chi connectivity index (χ1) is 11.3. The third-order valence-corrected chi connectivity index (χ3v) is 4.31. The Kier molecular flexibility index (Phi) is 10.7. The molecule has 7 nitrogen and oxygen atoms in total. The fourth-order valence-electron chi connectivity index (χ4n) is 2.08. The van der Waals surface area contributed by atoms with Gasteiger partial charge in [0.15, 0.2) is 0 Å². The number of rotatable bonds is 11. The van der Waals surface area contributed by atoms with E-state index in [1.165, 1.54) is 7.11 Å². The van der Waals surface area contributed by atoms with Crippen LogP contribution in [0, 0.1) is 11.8 Å². The van der Waals surface area contributed by atoms with Gasteiger partial charge in [0.2, 0.25) is 11.8 Å². The third kappa shape index (κ3) is 7.57. The van der Waals surface area contributed by atoms with E-state index in [9.17, 15) is 19.2 Å². The largest absolute Gasteiger partial charge is 0.469 e. The molecule has 0 rings (SSSR count). The predicted octanol–water partition coefficient (Wildman–Crippen LogP) is 1.20. The lowest BCUT2D eigenvalue weighted by Gasteiger charge is -2.26. The molecule has 0 aromatic carbocycles. The molecule has 0 saturated carbocycles. The lowest BCUT2D eigenvalue weighted by atomic mass is 9.95. The molecule has 0 spiro atoms. The molecule has 2 amide bonds. The molecule has 0 heterocycles. The molecule has 0 unspecified atom stereocenters. The first kappa shape index (κ1) is 22.1. The van der Waals surface area contributed by atoms with Crippen molar-refractivity contribution in [3.8, 4) is 0 Å². The zero-order chi connectivity index (χ0) is 18.7. The van der Waals surface area contributed by atoms with E-state index in [2.05, 4.69) is 15.4 Å². The maximum atomic E-state index is 12.5. The summed E-state index contributed by atoms with van der Waals surface area (Å²) in [6.07, 6.45) is 2.07. The van der Waals surface area contributed by atoms with Crippen molar-refractivity contribution in [1.29, 1.82) is 0 Å². The molecular formula is C17H30N2O5. The SMILES string of the molecule is CC[C@H](C)[C@H](NC(=O)CCC(=O)OC)C(=O)N[C@H](C=O)[C@@H](C)CC.